The molecule has 1 aromatic rings. The number of rotatable bonds is 2. The monoisotopic (exact) mass is 304 g/mol. The third-order valence-electron chi connectivity index (χ3n) is 4.86. The fourth-order valence-corrected chi connectivity index (χ4v) is 3.40. The van der Waals surface area contributed by atoms with Crippen molar-refractivity contribution in [1.29, 1.82) is 0 Å². The number of likely N-dealkylation sites (tertiary alicyclic amines) is 1. The lowest BCUT2D eigenvalue weighted by atomic mass is 9.85. The zero-order chi connectivity index (χ0) is 15.7. The zero-order valence-electron chi connectivity index (χ0n) is 13.3. The molecule has 2 aliphatic heterocycles. The summed E-state index contributed by atoms with van der Waals surface area (Å²) in [6, 6.07) is 7.89. The third kappa shape index (κ3) is 2.59. The van der Waals surface area contributed by atoms with Crippen LogP contribution in [0.4, 0.5) is 0 Å². The molecule has 0 aromatic heterocycles. The van der Waals surface area contributed by atoms with Gasteiger partial charge in [-0.25, -0.2) is 0 Å². The maximum absolute atomic E-state index is 13.2. The minimum Gasteiger partial charge on any atom is -0.491 e. The average molecular weight is 304 g/mol. The van der Waals surface area contributed by atoms with Crippen molar-refractivity contribution in [2.45, 2.75) is 30.9 Å². The second-order valence-corrected chi connectivity index (χ2v) is 6.55. The second-order valence-electron chi connectivity index (χ2n) is 6.55. The Hall–Kier alpha value is -1.59. The van der Waals surface area contributed by atoms with Gasteiger partial charge < -0.3 is 14.7 Å². The van der Waals surface area contributed by atoms with E-state index in [4.69, 9.17) is 4.74 Å². The number of β-amino-alcohol motifs (C(OH)–C–C–N with tert-alkyl or cyclic N) is 1. The van der Waals surface area contributed by atoms with E-state index >= 15 is 0 Å². The van der Waals surface area contributed by atoms with Crippen molar-refractivity contribution < 1.29 is 14.6 Å². The first-order valence-electron chi connectivity index (χ1n) is 7.88. The Morgan fingerprint density at radius 1 is 1.41 bits per heavy atom. The highest BCUT2D eigenvalue weighted by atomic mass is 16.5. The van der Waals surface area contributed by atoms with Crippen LogP contribution in [-0.2, 0) is 11.2 Å². The van der Waals surface area contributed by atoms with Crippen molar-refractivity contribution in [3.63, 3.8) is 0 Å². The fraction of sp³-hybridized carbons (Fsp3) is 0.588. The van der Waals surface area contributed by atoms with Crippen LogP contribution in [0.1, 0.15) is 18.4 Å². The molecule has 0 spiro atoms. The van der Waals surface area contributed by atoms with E-state index in [0.717, 1.165) is 24.2 Å². The summed E-state index contributed by atoms with van der Waals surface area (Å²) >= 11 is 0. The molecule has 2 heterocycles. The van der Waals surface area contributed by atoms with Crippen LogP contribution in [0.15, 0.2) is 24.3 Å². The van der Waals surface area contributed by atoms with Gasteiger partial charge in [0.05, 0.1) is 6.10 Å². The number of aliphatic hydroxyl groups excluding tert-OH is 1. The molecule has 1 N–H and O–H groups in total. The van der Waals surface area contributed by atoms with Gasteiger partial charge in [-0.05, 0) is 38.6 Å². The van der Waals surface area contributed by atoms with Gasteiger partial charge in [0.2, 0.25) is 5.91 Å². The Labute approximate surface area is 131 Å². The van der Waals surface area contributed by atoms with Crippen LogP contribution >= 0.6 is 0 Å². The summed E-state index contributed by atoms with van der Waals surface area (Å²) in [6.07, 6.45) is 1.86. The van der Waals surface area contributed by atoms with Crippen LogP contribution in [0.25, 0.3) is 0 Å². The number of aliphatic hydroxyl groups is 1. The highest BCUT2D eigenvalue weighted by Crippen LogP contribution is 2.33. The number of carbonyl (C=O) groups excluding carboxylic acids is 1. The molecule has 0 radical (unpaired) electrons. The molecular formula is C17H24N2O3. The van der Waals surface area contributed by atoms with E-state index in [1.54, 1.807) is 4.90 Å². The predicted molar refractivity (Wildman–Crippen MR) is 83.9 cm³/mol. The van der Waals surface area contributed by atoms with Gasteiger partial charge in [-0.15, -0.1) is 0 Å². The van der Waals surface area contributed by atoms with E-state index in [1.165, 1.54) is 0 Å². The summed E-state index contributed by atoms with van der Waals surface area (Å²) in [6.45, 7) is 1.49. The summed E-state index contributed by atoms with van der Waals surface area (Å²) in [4.78, 5) is 16.9. The van der Waals surface area contributed by atoms with Gasteiger partial charge in [0.25, 0.3) is 0 Å². The number of ether oxygens (including phenoxy) is 1. The largest absolute Gasteiger partial charge is 0.491 e. The van der Waals surface area contributed by atoms with E-state index in [9.17, 15) is 9.90 Å². The number of nitrogens with zero attached hydrogens (tertiary/aromatic N) is 2. The predicted octanol–water partition coefficient (Wildman–Crippen LogP) is 0.905. The summed E-state index contributed by atoms with van der Waals surface area (Å²) in [5, 5.41) is 9.87. The number of amides is 1. The second kappa shape index (κ2) is 5.89. The van der Waals surface area contributed by atoms with Crippen molar-refractivity contribution in [3.8, 4) is 5.75 Å². The van der Waals surface area contributed by atoms with Gasteiger partial charge in [0.1, 0.15) is 17.9 Å². The molecule has 5 nitrogen and oxygen atoms in total. The van der Waals surface area contributed by atoms with E-state index in [2.05, 4.69) is 0 Å². The summed E-state index contributed by atoms with van der Waals surface area (Å²) in [5.41, 5.74) is 0.374. The molecule has 5 heteroatoms. The number of para-hydroxylation sites is 1. The minimum atomic E-state index is -0.689. The quantitative estimate of drug-likeness (QED) is 0.882. The van der Waals surface area contributed by atoms with Crippen LogP contribution in [0.2, 0.25) is 0 Å². The summed E-state index contributed by atoms with van der Waals surface area (Å²) < 4.78 is 5.89. The van der Waals surface area contributed by atoms with E-state index < -0.39 is 11.6 Å². The van der Waals surface area contributed by atoms with Crippen LogP contribution in [-0.4, -0.2) is 66.2 Å². The van der Waals surface area contributed by atoms with Crippen LogP contribution in [0.3, 0.4) is 0 Å². The lowest BCUT2D eigenvalue weighted by molar-refractivity contribution is -0.149. The molecule has 0 aliphatic carbocycles. The molecule has 22 heavy (non-hydrogen) atoms. The van der Waals surface area contributed by atoms with E-state index in [0.29, 0.717) is 26.1 Å². The molecule has 1 amide bonds. The van der Waals surface area contributed by atoms with Crippen molar-refractivity contribution in [1.82, 2.24) is 9.80 Å². The number of benzene rings is 1. The Morgan fingerprint density at radius 2 is 2.18 bits per heavy atom. The lowest BCUT2D eigenvalue weighted by Crippen LogP contribution is -2.64. The standard InChI is InChI=1S/C17H24N2O3/c1-18(2)17(16(21)19-9-5-7-14(20)11-19)10-13-6-3-4-8-15(13)22-12-17/h3-4,6,8,14,20H,5,7,9-12H2,1-2H3. The molecule has 0 bridgehead atoms. The lowest BCUT2D eigenvalue weighted by Gasteiger charge is -2.45. The van der Waals surface area contributed by atoms with Crippen molar-refractivity contribution in [2.75, 3.05) is 33.8 Å². The molecule has 2 aliphatic rings. The highest BCUT2D eigenvalue weighted by Gasteiger charge is 2.47. The molecule has 0 saturated carbocycles. The number of fused-ring (bicyclic) bond motifs is 1. The maximum Gasteiger partial charge on any atom is 0.247 e. The van der Waals surface area contributed by atoms with Gasteiger partial charge in [0.15, 0.2) is 0 Å². The van der Waals surface area contributed by atoms with Crippen LogP contribution in [0, 0.1) is 0 Å². The Kier molecular flexibility index (Phi) is 4.10. The van der Waals surface area contributed by atoms with Crippen LogP contribution < -0.4 is 4.74 Å². The maximum atomic E-state index is 13.2. The Bertz CT molecular complexity index is 561. The molecule has 2 atom stereocenters. The van der Waals surface area contributed by atoms with Gasteiger partial charge in [0, 0.05) is 19.5 Å². The van der Waals surface area contributed by atoms with E-state index in [-0.39, 0.29) is 5.91 Å². The fourth-order valence-electron chi connectivity index (χ4n) is 3.40. The molecule has 1 fully saturated rings. The number of likely N-dealkylation sites (N-methyl/N-ethyl adjacent to an activating group) is 1. The summed E-state index contributed by atoms with van der Waals surface area (Å²) in [5.74, 6) is 0.928. The number of hydrogen-bond acceptors (Lipinski definition) is 4. The van der Waals surface area contributed by atoms with Gasteiger partial charge >= 0.3 is 0 Å². The number of piperidine rings is 1. The smallest absolute Gasteiger partial charge is 0.247 e. The zero-order valence-corrected chi connectivity index (χ0v) is 13.3. The third-order valence-corrected chi connectivity index (χ3v) is 4.86. The van der Waals surface area contributed by atoms with Crippen LogP contribution in [0.5, 0.6) is 5.75 Å². The molecule has 2 unspecified atom stereocenters. The molecule has 120 valence electrons. The van der Waals surface area contributed by atoms with E-state index in [1.807, 2.05) is 43.3 Å². The molecule has 1 saturated heterocycles. The first-order valence-corrected chi connectivity index (χ1v) is 7.88. The van der Waals surface area contributed by atoms with Crippen molar-refractivity contribution >= 4 is 5.91 Å². The first kappa shape index (κ1) is 15.3. The molecule has 1 aromatic carbocycles. The van der Waals surface area contributed by atoms with Gasteiger partial charge in [-0.2, -0.15) is 0 Å². The molecule has 3 rings (SSSR count). The van der Waals surface area contributed by atoms with Gasteiger partial charge in [-0.1, -0.05) is 18.2 Å². The minimum absolute atomic E-state index is 0.0609. The summed E-state index contributed by atoms with van der Waals surface area (Å²) in [7, 11) is 3.85. The topological polar surface area (TPSA) is 53.0 Å². The van der Waals surface area contributed by atoms with Gasteiger partial charge in [-0.3, -0.25) is 9.69 Å². The average Bonchev–Trinajstić information content (AvgIpc) is 2.53. The highest BCUT2D eigenvalue weighted by molar-refractivity contribution is 5.87. The Balaban J connectivity index is 1.88. The van der Waals surface area contributed by atoms with Crippen molar-refractivity contribution in [2.24, 2.45) is 0 Å². The van der Waals surface area contributed by atoms with Crippen molar-refractivity contribution in [3.05, 3.63) is 29.8 Å². The SMILES string of the molecule is CN(C)C1(C(=O)N2CCCC(O)C2)COc2ccccc2C1. The Morgan fingerprint density at radius 3 is 2.91 bits per heavy atom. The molecular weight excluding hydrogens is 280 g/mol. The number of hydrogen-bond donors (Lipinski definition) is 1. The number of carbonyl (C=O) groups is 1. The first-order chi connectivity index (χ1) is 10.5. The normalized spacial score (nSPS) is 28.2.